The maximum absolute atomic E-state index is 9.34. The van der Waals surface area contributed by atoms with Crippen molar-refractivity contribution in [2.45, 2.75) is 19.6 Å². The summed E-state index contributed by atoms with van der Waals surface area (Å²) in [7, 11) is 0. The van der Waals surface area contributed by atoms with Crippen LogP contribution in [0.4, 0.5) is 0 Å². The summed E-state index contributed by atoms with van der Waals surface area (Å²) in [6.45, 7) is 1.57. The molecule has 0 aromatic carbocycles. The zero-order valence-electron chi connectivity index (χ0n) is 3.43. The number of hydrogen-bond donors (Lipinski definition) is 0. The summed E-state index contributed by atoms with van der Waals surface area (Å²) in [6.07, 6.45) is -1.42. The topological polar surface area (TPSA) is 46.1 Å². The Hall–Kier alpha value is 0.426. The van der Waals surface area contributed by atoms with Gasteiger partial charge >= 0.3 is 16.8 Å². The molecule has 0 aromatic rings. The van der Waals surface area contributed by atoms with E-state index in [9.17, 15) is 10.2 Å². The van der Waals surface area contributed by atoms with Crippen molar-refractivity contribution in [1.29, 1.82) is 0 Å². The van der Waals surface area contributed by atoms with E-state index in [4.69, 9.17) is 0 Å². The standard InChI is InChI=1S/C3H6O2.Co/c1-2-3(4)5;/h3H,2H2,1H3;/q-2;+2. The normalized spacial score (nSPS) is 8.00. The second-order valence-electron chi connectivity index (χ2n) is 0.838. The Bertz CT molecular complexity index is 22.8. The van der Waals surface area contributed by atoms with Gasteiger partial charge in [-0.3, -0.25) is 0 Å². The van der Waals surface area contributed by atoms with E-state index < -0.39 is 6.29 Å². The Kier molecular flexibility index (Phi) is 8.73. The molecular formula is C3H6CoO2. The van der Waals surface area contributed by atoms with Crippen LogP contribution in [0.25, 0.3) is 0 Å². The summed E-state index contributed by atoms with van der Waals surface area (Å²) < 4.78 is 0. The summed E-state index contributed by atoms with van der Waals surface area (Å²) in [6, 6.07) is 0. The summed E-state index contributed by atoms with van der Waals surface area (Å²) in [5.41, 5.74) is 0. The van der Waals surface area contributed by atoms with Crippen LogP contribution in [0, 0.1) is 0 Å². The molecule has 1 radical (unpaired) electrons. The van der Waals surface area contributed by atoms with Gasteiger partial charge in [0.25, 0.3) is 0 Å². The third-order valence-electron chi connectivity index (χ3n) is 0.333. The molecule has 0 atom stereocenters. The molecule has 6 heavy (non-hydrogen) atoms. The molecule has 0 aliphatic carbocycles. The Morgan fingerprint density at radius 2 is 1.67 bits per heavy atom. The molecule has 39 valence electrons. The molecule has 0 N–H and O–H groups in total. The van der Waals surface area contributed by atoms with E-state index in [1.165, 1.54) is 0 Å². The Balaban J connectivity index is 0. The third kappa shape index (κ3) is 8.83. The monoisotopic (exact) mass is 133 g/mol. The van der Waals surface area contributed by atoms with Crippen molar-refractivity contribution in [3.8, 4) is 0 Å². The zero-order chi connectivity index (χ0) is 4.28. The summed E-state index contributed by atoms with van der Waals surface area (Å²) in [5.74, 6) is 0. The molecule has 0 unspecified atom stereocenters. The van der Waals surface area contributed by atoms with Crippen molar-refractivity contribution in [1.82, 2.24) is 0 Å². The molecule has 0 amide bonds. The van der Waals surface area contributed by atoms with E-state index in [1.54, 1.807) is 6.92 Å². The summed E-state index contributed by atoms with van der Waals surface area (Å²) in [4.78, 5) is 0. The minimum Gasteiger partial charge on any atom is -0.865 e. The molecule has 0 saturated heterocycles. The van der Waals surface area contributed by atoms with Crippen LogP contribution >= 0.6 is 0 Å². The molecule has 3 heteroatoms. The van der Waals surface area contributed by atoms with Gasteiger partial charge in [-0.2, -0.15) is 0 Å². The fourth-order valence-corrected chi connectivity index (χ4v) is 0. The molecule has 0 aromatic heterocycles. The smallest absolute Gasteiger partial charge is 0.865 e. The molecule has 0 rings (SSSR count). The molecule has 0 fully saturated rings. The zero-order valence-corrected chi connectivity index (χ0v) is 4.48. The minimum atomic E-state index is -1.62. The van der Waals surface area contributed by atoms with E-state index in [1.807, 2.05) is 0 Å². The van der Waals surface area contributed by atoms with Gasteiger partial charge in [0.15, 0.2) is 0 Å². The van der Waals surface area contributed by atoms with Crippen molar-refractivity contribution in [3.63, 3.8) is 0 Å². The van der Waals surface area contributed by atoms with Gasteiger partial charge in [-0.15, -0.1) is 0 Å². The Labute approximate surface area is 47.4 Å². The van der Waals surface area contributed by atoms with Crippen LogP contribution in [0.5, 0.6) is 0 Å². The first-order chi connectivity index (χ1) is 2.27. The van der Waals surface area contributed by atoms with Gasteiger partial charge in [0.1, 0.15) is 0 Å². The molecule has 0 bridgehead atoms. The van der Waals surface area contributed by atoms with Crippen molar-refractivity contribution >= 4 is 0 Å². The van der Waals surface area contributed by atoms with E-state index >= 15 is 0 Å². The van der Waals surface area contributed by atoms with Crippen LogP contribution in [0.15, 0.2) is 0 Å². The largest absolute Gasteiger partial charge is 2.00 e. The van der Waals surface area contributed by atoms with Crippen LogP contribution in [-0.4, -0.2) is 6.29 Å². The van der Waals surface area contributed by atoms with E-state index in [2.05, 4.69) is 0 Å². The SMILES string of the molecule is CCC([O-])[O-].[Co+2]. The van der Waals surface area contributed by atoms with Crippen LogP contribution in [0.2, 0.25) is 0 Å². The van der Waals surface area contributed by atoms with Gasteiger partial charge in [0.05, 0.1) is 0 Å². The molecule has 0 saturated carbocycles. The van der Waals surface area contributed by atoms with E-state index in [0.717, 1.165) is 0 Å². The second-order valence-corrected chi connectivity index (χ2v) is 0.838. The van der Waals surface area contributed by atoms with Crippen LogP contribution in [-0.2, 0) is 16.8 Å². The quantitative estimate of drug-likeness (QED) is 0.406. The predicted molar refractivity (Wildman–Crippen MR) is 14.1 cm³/mol. The van der Waals surface area contributed by atoms with Crippen molar-refractivity contribution < 1.29 is 27.0 Å². The second kappa shape index (κ2) is 5.43. The molecule has 0 spiro atoms. The molecular weight excluding hydrogens is 127 g/mol. The third-order valence-corrected chi connectivity index (χ3v) is 0.333. The fraction of sp³-hybridized carbons (Fsp3) is 1.00. The molecule has 0 aliphatic heterocycles. The van der Waals surface area contributed by atoms with Gasteiger partial charge < -0.3 is 10.2 Å². The van der Waals surface area contributed by atoms with Crippen molar-refractivity contribution in [2.24, 2.45) is 0 Å². The first-order valence-electron chi connectivity index (χ1n) is 1.59. The average molecular weight is 133 g/mol. The Morgan fingerprint density at radius 3 is 1.67 bits per heavy atom. The summed E-state index contributed by atoms with van der Waals surface area (Å²) in [5, 5.41) is 18.7. The predicted octanol–water partition coefficient (Wildman–Crippen LogP) is -1.56. The van der Waals surface area contributed by atoms with E-state index in [0.29, 0.717) is 0 Å². The molecule has 0 heterocycles. The summed E-state index contributed by atoms with van der Waals surface area (Å²) >= 11 is 0. The first-order valence-corrected chi connectivity index (χ1v) is 1.59. The van der Waals surface area contributed by atoms with Crippen LogP contribution in [0.1, 0.15) is 13.3 Å². The minimum absolute atomic E-state index is 0. The van der Waals surface area contributed by atoms with Crippen LogP contribution < -0.4 is 10.2 Å². The van der Waals surface area contributed by atoms with Gasteiger partial charge in [-0.25, -0.2) is 6.29 Å². The average Bonchev–Trinajstić information content (AvgIpc) is 1.38. The van der Waals surface area contributed by atoms with E-state index in [-0.39, 0.29) is 23.2 Å². The first kappa shape index (κ1) is 9.66. The maximum Gasteiger partial charge on any atom is 2.00 e. The molecule has 0 aliphatic rings. The fourth-order valence-electron chi connectivity index (χ4n) is 0. The van der Waals surface area contributed by atoms with Gasteiger partial charge in [-0.05, 0) is 0 Å². The molecule has 2 nitrogen and oxygen atoms in total. The van der Waals surface area contributed by atoms with Crippen LogP contribution in [0.3, 0.4) is 0 Å². The van der Waals surface area contributed by atoms with Gasteiger partial charge in [0, 0.05) is 0 Å². The van der Waals surface area contributed by atoms with Gasteiger partial charge in [0.2, 0.25) is 0 Å². The maximum atomic E-state index is 9.34. The Morgan fingerprint density at radius 1 is 1.50 bits per heavy atom. The van der Waals surface area contributed by atoms with Gasteiger partial charge in [-0.1, -0.05) is 13.3 Å². The van der Waals surface area contributed by atoms with Crippen molar-refractivity contribution in [3.05, 3.63) is 0 Å². The number of hydrogen-bond acceptors (Lipinski definition) is 2. The van der Waals surface area contributed by atoms with Crippen molar-refractivity contribution in [2.75, 3.05) is 0 Å². The number of rotatable bonds is 1.